The standard InChI is InChI=1S/C18H23NO2/c1-12-4-6-15(8-12)19-16-7-5-13-10-17(20-2)18(21-3)11-14(13)9-16/h5,7,9-12,15,19H,4,6,8H2,1-3H3. The van der Waals surface area contributed by atoms with Crippen molar-refractivity contribution in [1.82, 2.24) is 0 Å². The Hall–Kier alpha value is -1.90. The predicted octanol–water partition coefficient (Wildman–Crippen LogP) is 4.46. The SMILES string of the molecule is COc1cc2ccc(NC3CCC(C)C3)cc2cc1OC. The number of methoxy groups -OCH3 is 2. The molecule has 21 heavy (non-hydrogen) atoms. The van der Waals surface area contributed by atoms with Gasteiger partial charge in [-0.1, -0.05) is 13.0 Å². The molecular weight excluding hydrogens is 262 g/mol. The lowest BCUT2D eigenvalue weighted by atomic mass is 10.1. The Bertz CT molecular complexity index is 638. The van der Waals surface area contributed by atoms with Crippen molar-refractivity contribution >= 4 is 16.5 Å². The second-order valence-corrected chi connectivity index (χ2v) is 6.03. The molecule has 2 aromatic carbocycles. The van der Waals surface area contributed by atoms with Crippen LogP contribution in [0.2, 0.25) is 0 Å². The lowest BCUT2D eigenvalue weighted by Crippen LogP contribution is -2.15. The average molecular weight is 285 g/mol. The fraction of sp³-hybridized carbons (Fsp3) is 0.444. The number of fused-ring (bicyclic) bond motifs is 1. The number of anilines is 1. The van der Waals surface area contributed by atoms with Crippen LogP contribution in [0.15, 0.2) is 30.3 Å². The first-order chi connectivity index (χ1) is 10.2. The van der Waals surface area contributed by atoms with Crippen LogP contribution in [0.5, 0.6) is 11.5 Å². The molecule has 0 radical (unpaired) electrons. The minimum Gasteiger partial charge on any atom is -0.493 e. The highest BCUT2D eigenvalue weighted by Gasteiger charge is 2.20. The molecule has 0 spiro atoms. The Kier molecular flexibility index (Phi) is 3.91. The van der Waals surface area contributed by atoms with Gasteiger partial charge in [0.25, 0.3) is 0 Å². The molecule has 3 rings (SSSR count). The van der Waals surface area contributed by atoms with Gasteiger partial charge >= 0.3 is 0 Å². The Morgan fingerprint density at radius 2 is 1.67 bits per heavy atom. The number of hydrogen-bond donors (Lipinski definition) is 1. The summed E-state index contributed by atoms with van der Waals surface area (Å²) in [6, 6.07) is 11.2. The van der Waals surface area contributed by atoms with Crippen molar-refractivity contribution in [2.75, 3.05) is 19.5 Å². The summed E-state index contributed by atoms with van der Waals surface area (Å²) in [5.41, 5.74) is 1.19. The van der Waals surface area contributed by atoms with Gasteiger partial charge in [-0.05, 0) is 60.2 Å². The predicted molar refractivity (Wildman–Crippen MR) is 87.5 cm³/mol. The van der Waals surface area contributed by atoms with E-state index in [4.69, 9.17) is 9.47 Å². The molecular formula is C18H23NO2. The molecule has 0 aromatic heterocycles. The molecule has 2 unspecified atom stereocenters. The number of benzene rings is 2. The highest BCUT2D eigenvalue weighted by molar-refractivity contribution is 5.88. The van der Waals surface area contributed by atoms with Crippen LogP contribution in [0.25, 0.3) is 10.8 Å². The van der Waals surface area contributed by atoms with E-state index in [2.05, 4.69) is 30.4 Å². The van der Waals surface area contributed by atoms with Gasteiger partial charge in [-0.25, -0.2) is 0 Å². The van der Waals surface area contributed by atoms with Crippen molar-refractivity contribution in [2.45, 2.75) is 32.2 Å². The van der Waals surface area contributed by atoms with Gasteiger partial charge in [0.1, 0.15) is 0 Å². The molecule has 112 valence electrons. The first kappa shape index (κ1) is 14.1. The monoisotopic (exact) mass is 285 g/mol. The second kappa shape index (κ2) is 5.84. The maximum absolute atomic E-state index is 5.39. The molecule has 1 aliphatic rings. The van der Waals surface area contributed by atoms with E-state index in [9.17, 15) is 0 Å². The Balaban J connectivity index is 1.88. The van der Waals surface area contributed by atoms with Crippen molar-refractivity contribution in [3.63, 3.8) is 0 Å². The Labute approximate surface area is 126 Å². The van der Waals surface area contributed by atoms with E-state index < -0.39 is 0 Å². The van der Waals surface area contributed by atoms with Crippen LogP contribution < -0.4 is 14.8 Å². The van der Waals surface area contributed by atoms with Gasteiger partial charge in [-0.15, -0.1) is 0 Å². The van der Waals surface area contributed by atoms with Crippen molar-refractivity contribution in [2.24, 2.45) is 5.92 Å². The van der Waals surface area contributed by atoms with E-state index in [1.165, 1.54) is 30.3 Å². The summed E-state index contributed by atoms with van der Waals surface area (Å²) in [4.78, 5) is 0. The summed E-state index contributed by atoms with van der Waals surface area (Å²) in [6.07, 6.45) is 3.87. The van der Waals surface area contributed by atoms with E-state index in [-0.39, 0.29) is 0 Å². The Morgan fingerprint density at radius 1 is 0.952 bits per heavy atom. The number of hydrogen-bond acceptors (Lipinski definition) is 3. The van der Waals surface area contributed by atoms with Crippen molar-refractivity contribution in [3.8, 4) is 11.5 Å². The zero-order chi connectivity index (χ0) is 14.8. The van der Waals surface area contributed by atoms with E-state index in [1.807, 2.05) is 12.1 Å². The van der Waals surface area contributed by atoms with Crippen molar-refractivity contribution < 1.29 is 9.47 Å². The third-order valence-corrected chi connectivity index (χ3v) is 4.41. The maximum Gasteiger partial charge on any atom is 0.161 e. The molecule has 1 N–H and O–H groups in total. The third-order valence-electron chi connectivity index (χ3n) is 4.41. The summed E-state index contributed by atoms with van der Waals surface area (Å²) in [5.74, 6) is 2.39. The van der Waals surface area contributed by atoms with E-state index in [0.29, 0.717) is 6.04 Å². The molecule has 1 aliphatic carbocycles. The third kappa shape index (κ3) is 2.92. The van der Waals surface area contributed by atoms with Crippen LogP contribution in [0, 0.1) is 5.92 Å². The fourth-order valence-corrected chi connectivity index (χ4v) is 3.24. The molecule has 1 fully saturated rings. The smallest absolute Gasteiger partial charge is 0.161 e. The van der Waals surface area contributed by atoms with Gasteiger partial charge in [-0.2, -0.15) is 0 Å². The van der Waals surface area contributed by atoms with Crippen molar-refractivity contribution in [3.05, 3.63) is 30.3 Å². The molecule has 2 aromatic rings. The fourth-order valence-electron chi connectivity index (χ4n) is 3.24. The van der Waals surface area contributed by atoms with Gasteiger partial charge in [-0.3, -0.25) is 0 Å². The highest BCUT2D eigenvalue weighted by Crippen LogP contribution is 2.34. The minimum absolute atomic E-state index is 0.609. The van der Waals surface area contributed by atoms with Crippen molar-refractivity contribution in [1.29, 1.82) is 0 Å². The van der Waals surface area contributed by atoms with E-state index >= 15 is 0 Å². The van der Waals surface area contributed by atoms with Crippen LogP contribution in [-0.4, -0.2) is 20.3 Å². The zero-order valence-electron chi connectivity index (χ0n) is 13.0. The summed E-state index contributed by atoms with van der Waals surface area (Å²) in [7, 11) is 3.34. The molecule has 3 nitrogen and oxygen atoms in total. The van der Waals surface area contributed by atoms with Crippen LogP contribution in [0.4, 0.5) is 5.69 Å². The van der Waals surface area contributed by atoms with Gasteiger partial charge < -0.3 is 14.8 Å². The molecule has 0 aliphatic heterocycles. The van der Waals surface area contributed by atoms with Gasteiger partial charge in [0.2, 0.25) is 0 Å². The molecule has 0 saturated heterocycles. The number of nitrogens with one attached hydrogen (secondary N) is 1. The maximum atomic E-state index is 5.39. The highest BCUT2D eigenvalue weighted by atomic mass is 16.5. The summed E-state index contributed by atoms with van der Waals surface area (Å²) >= 11 is 0. The first-order valence-corrected chi connectivity index (χ1v) is 7.62. The molecule has 1 saturated carbocycles. The lowest BCUT2D eigenvalue weighted by Gasteiger charge is -2.15. The van der Waals surface area contributed by atoms with E-state index in [0.717, 1.165) is 22.8 Å². The summed E-state index contributed by atoms with van der Waals surface area (Å²) < 4.78 is 10.7. The van der Waals surface area contributed by atoms with Crippen LogP contribution >= 0.6 is 0 Å². The molecule has 0 bridgehead atoms. The first-order valence-electron chi connectivity index (χ1n) is 7.62. The molecule has 3 heteroatoms. The van der Waals surface area contributed by atoms with Crippen LogP contribution in [0.3, 0.4) is 0 Å². The van der Waals surface area contributed by atoms with Crippen LogP contribution in [0.1, 0.15) is 26.2 Å². The Morgan fingerprint density at radius 3 is 2.29 bits per heavy atom. The summed E-state index contributed by atoms with van der Waals surface area (Å²) in [6.45, 7) is 2.33. The average Bonchev–Trinajstić information content (AvgIpc) is 2.90. The molecule has 0 amide bonds. The topological polar surface area (TPSA) is 30.5 Å². The van der Waals surface area contributed by atoms with Gasteiger partial charge in [0.15, 0.2) is 11.5 Å². The number of rotatable bonds is 4. The van der Waals surface area contributed by atoms with Gasteiger partial charge in [0, 0.05) is 11.7 Å². The summed E-state index contributed by atoms with van der Waals surface area (Å²) in [5, 5.41) is 5.99. The van der Waals surface area contributed by atoms with E-state index in [1.54, 1.807) is 14.2 Å². The molecule has 2 atom stereocenters. The molecule has 0 heterocycles. The zero-order valence-corrected chi connectivity index (χ0v) is 13.0. The quantitative estimate of drug-likeness (QED) is 0.899. The second-order valence-electron chi connectivity index (χ2n) is 6.03. The normalized spacial score (nSPS) is 21.5. The lowest BCUT2D eigenvalue weighted by molar-refractivity contribution is 0.356. The number of ether oxygens (including phenoxy) is 2. The largest absolute Gasteiger partial charge is 0.493 e. The van der Waals surface area contributed by atoms with Crippen LogP contribution in [-0.2, 0) is 0 Å². The van der Waals surface area contributed by atoms with Gasteiger partial charge in [0.05, 0.1) is 14.2 Å². The minimum atomic E-state index is 0.609.